The average Bonchev–Trinajstić information content (AvgIpc) is 1.62. The van der Waals surface area contributed by atoms with Gasteiger partial charge in [0, 0.05) is 37.2 Å². The van der Waals surface area contributed by atoms with Crippen molar-refractivity contribution in [1.82, 2.24) is 20.0 Å². The zero-order valence-corrected chi connectivity index (χ0v) is 64.6. The van der Waals surface area contributed by atoms with E-state index in [1.807, 2.05) is 48.5 Å². The first-order valence-electron chi connectivity index (χ1n) is 37.1. The second-order valence-corrected chi connectivity index (χ2v) is 33.5. The van der Waals surface area contributed by atoms with Crippen LogP contribution in [0.25, 0.3) is 11.1 Å². The summed E-state index contributed by atoms with van der Waals surface area (Å²) in [5.41, 5.74) is 6.98. The van der Waals surface area contributed by atoms with Crippen LogP contribution in [0.2, 0.25) is 0 Å². The van der Waals surface area contributed by atoms with Gasteiger partial charge in [-0.25, -0.2) is 22.0 Å². The number of fused-ring (bicyclic) bond motifs is 4. The second kappa shape index (κ2) is 35.2. The molecule has 28 heteroatoms. The Morgan fingerprint density at radius 3 is 1.17 bits per heavy atom. The maximum atomic E-state index is 14.9. The molecular weight excluding hydrogens is 1440 g/mol. The molecule has 596 valence electrons. The molecule has 0 aromatic heterocycles. The smallest absolute Gasteiger partial charge is 0.292 e. The van der Waals surface area contributed by atoms with Crippen molar-refractivity contribution >= 4 is 21.8 Å². The van der Waals surface area contributed by atoms with Crippen LogP contribution in [0, 0.1) is 40.9 Å². The Bertz CT molecular complexity index is 4150. The van der Waals surface area contributed by atoms with E-state index < -0.39 is 110 Å². The highest BCUT2D eigenvalue weighted by atomic mass is 32.2. The monoisotopic (exact) mass is 1550 g/mol. The topological polar surface area (TPSA) is 280 Å². The van der Waals surface area contributed by atoms with Gasteiger partial charge in [-0.3, -0.25) is 13.8 Å². The molecule has 3 fully saturated rings. The van der Waals surface area contributed by atoms with Crippen LogP contribution >= 0.6 is 0 Å². The molecule has 0 spiro atoms. The number of aliphatic hydroxyl groups excluding tert-OH is 4. The third kappa shape index (κ3) is 22.5. The third-order valence-electron chi connectivity index (χ3n) is 19.6. The number of amides is 1. The van der Waals surface area contributed by atoms with Gasteiger partial charge in [0.2, 0.25) is 5.78 Å². The molecular formula is C81H104F5N5O17S. The lowest BCUT2D eigenvalue weighted by molar-refractivity contribution is -0.118. The number of hydrogen-bond donors (Lipinski definition) is 6. The van der Waals surface area contributed by atoms with Crippen molar-refractivity contribution < 1.29 is 102 Å². The molecule has 6 aromatic carbocycles. The molecule has 0 unspecified atom stereocenters. The van der Waals surface area contributed by atoms with Crippen molar-refractivity contribution in [3.05, 3.63) is 154 Å². The van der Waals surface area contributed by atoms with Crippen LogP contribution in [0.15, 0.2) is 97.1 Å². The minimum absolute atomic E-state index is 0.0142. The lowest BCUT2D eigenvalue weighted by Crippen LogP contribution is -2.48. The number of carbonyl (C=O) groups is 2. The van der Waals surface area contributed by atoms with E-state index in [1.54, 1.807) is 57.2 Å². The minimum atomic E-state index is -3.60. The SMILES string of the molecule is CC1(C)COc2c(F)cc([C@@H](O)[C@@H](CN3CCCC3)NC(=O)C(=O)c3ccc(-c4ccc(F)cc4)cc3)cc2O1.CC1(C)COc2c(F)cc([C@@H](O)[C@H](N)CN3CCCC3)cc2O1.C[C@H](CN1CCCC1)[C@H](O)c1cc(F)c2c(c1)OC(C)(C)CO2.C[C@H](COS(C)(=O)=O)[C@H](O)c1cc(F)c2c(c1)OC(C)(C)CO2. The summed E-state index contributed by atoms with van der Waals surface area (Å²) in [5.74, 6) is -3.49. The van der Waals surface area contributed by atoms with E-state index in [0.717, 1.165) is 94.9 Å². The predicted octanol–water partition coefficient (Wildman–Crippen LogP) is 11.7. The van der Waals surface area contributed by atoms with Crippen molar-refractivity contribution in [3.8, 4) is 57.1 Å². The van der Waals surface area contributed by atoms with Gasteiger partial charge in [-0.15, -0.1) is 0 Å². The molecule has 0 saturated carbocycles. The number of benzene rings is 6. The van der Waals surface area contributed by atoms with Gasteiger partial charge < -0.3 is 84.1 Å². The molecule has 8 atom stereocenters. The number of aliphatic hydroxyl groups is 4. The number of ketones is 1. The maximum Gasteiger partial charge on any atom is 0.292 e. The molecule has 22 nitrogen and oxygen atoms in total. The highest BCUT2D eigenvalue weighted by Gasteiger charge is 2.38. The van der Waals surface area contributed by atoms with Gasteiger partial charge >= 0.3 is 0 Å². The van der Waals surface area contributed by atoms with E-state index in [4.69, 9.17) is 43.6 Å². The Morgan fingerprint density at radius 2 is 0.798 bits per heavy atom. The largest absolute Gasteiger partial charge is 0.483 e. The highest BCUT2D eigenvalue weighted by molar-refractivity contribution is 7.86. The number of nitrogens with zero attached hydrogens (tertiary/aromatic N) is 3. The van der Waals surface area contributed by atoms with Gasteiger partial charge in [-0.05, 0) is 233 Å². The number of nitrogens with one attached hydrogen (secondary N) is 1. The summed E-state index contributed by atoms with van der Waals surface area (Å²) in [6.45, 7) is 26.6. The van der Waals surface area contributed by atoms with Crippen molar-refractivity contribution in [2.45, 2.75) is 167 Å². The molecule has 7 N–H and O–H groups in total. The zero-order chi connectivity index (χ0) is 79.1. The number of hydrogen-bond acceptors (Lipinski definition) is 21. The van der Waals surface area contributed by atoms with Gasteiger partial charge in [-0.1, -0.05) is 50.2 Å². The van der Waals surface area contributed by atoms with Crippen molar-refractivity contribution in [1.29, 1.82) is 0 Å². The Morgan fingerprint density at radius 1 is 0.477 bits per heavy atom. The van der Waals surface area contributed by atoms with E-state index in [9.17, 15) is 60.4 Å². The molecule has 7 aliphatic rings. The van der Waals surface area contributed by atoms with Crippen LogP contribution in [0.5, 0.6) is 46.0 Å². The van der Waals surface area contributed by atoms with Gasteiger partial charge in [0.05, 0.1) is 37.2 Å². The lowest BCUT2D eigenvalue weighted by atomic mass is 9.96. The summed E-state index contributed by atoms with van der Waals surface area (Å²) >= 11 is 0. The number of likely N-dealkylation sites (tertiary alicyclic amines) is 3. The van der Waals surface area contributed by atoms with Gasteiger partial charge in [0.15, 0.2) is 69.3 Å². The Labute approximate surface area is 634 Å². The quantitative estimate of drug-likeness (QED) is 0.0169. The molecule has 109 heavy (non-hydrogen) atoms. The fraction of sp³-hybridized carbons (Fsp3) is 0.531. The fourth-order valence-electron chi connectivity index (χ4n) is 13.8. The van der Waals surface area contributed by atoms with Crippen LogP contribution in [-0.4, -0.2) is 188 Å². The second-order valence-electron chi connectivity index (χ2n) is 31.8. The molecule has 0 bridgehead atoms. The van der Waals surface area contributed by atoms with Gasteiger partial charge in [-0.2, -0.15) is 8.42 Å². The number of nitrogens with two attached hydrogens (primary N) is 1. The van der Waals surface area contributed by atoms with Crippen LogP contribution in [0.4, 0.5) is 22.0 Å². The molecule has 7 aliphatic heterocycles. The predicted molar refractivity (Wildman–Crippen MR) is 398 cm³/mol. The molecule has 0 aliphatic carbocycles. The van der Waals surface area contributed by atoms with E-state index in [2.05, 4.69) is 24.2 Å². The van der Waals surface area contributed by atoms with E-state index in [-0.39, 0.29) is 95.9 Å². The Hall–Kier alpha value is -7.90. The van der Waals surface area contributed by atoms with Crippen molar-refractivity contribution in [3.63, 3.8) is 0 Å². The summed E-state index contributed by atoms with van der Waals surface area (Å²) in [6.07, 6.45) is 3.59. The summed E-state index contributed by atoms with van der Waals surface area (Å²) in [7, 11) is -3.60. The first-order chi connectivity index (χ1) is 51.3. The molecule has 7 heterocycles. The zero-order valence-electron chi connectivity index (χ0n) is 63.8. The lowest BCUT2D eigenvalue weighted by Gasteiger charge is -2.34. The number of halogens is 5. The first kappa shape index (κ1) is 83.6. The molecule has 0 radical (unpaired) electrons. The van der Waals surface area contributed by atoms with Gasteiger partial charge in [0.25, 0.3) is 16.0 Å². The average molecular weight is 1550 g/mol. The molecule has 3 saturated heterocycles. The summed E-state index contributed by atoms with van der Waals surface area (Å²) < 4.78 is 143. The number of rotatable bonds is 21. The normalized spacial score (nSPS) is 20.2. The Kier molecular flexibility index (Phi) is 27.0. The summed E-state index contributed by atoms with van der Waals surface area (Å²) in [4.78, 5) is 32.8. The van der Waals surface area contributed by atoms with Crippen LogP contribution in [0.3, 0.4) is 0 Å². The highest BCUT2D eigenvalue weighted by Crippen LogP contribution is 2.45. The molecule has 1 amide bonds. The van der Waals surface area contributed by atoms with E-state index >= 15 is 0 Å². The van der Waals surface area contributed by atoms with E-state index in [0.29, 0.717) is 35.8 Å². The van der Waals surface area contributed by atoms with Crippen LogP contribution in [0.1, 0.15) is 165 Å². The first-order valence-corrected chi connectivity index (χ1v) is 38.9. The van der Waals surface area contributed by atoms with Crippen LogP contribution < -0.4 is 48.9 Å². The minimum Gasteiger partial charge on any atom is -0.483 e. The number of carbonyl (C=O) groups excluding carboxylic acids is 2. The summed E-state index contributed by atoms with van der Waals surface area (Å²) in [6, 6.07) is 22.4. The van der Waals surface area contributed by atoms with Gasteiger partial charge in [0.1, 0.15) is 60.8 Å². The summed E-state index contributed by atoms with van der Waals surface area (Å²) in [5, 5.41) is 45.4. The third-order valence-corrected chi connectivity index (χ3v) is 20.2. The Balaban J connectivity index is 0.000000161. The standard InChI is InChI=1S/C31H32F2N2O5.C18H26FNO3.C17H25FN2O3.C15H21FO6S/c1-31(2)18-39-29-24(33)15-22(16-26(29)40-31)27(36)25(17-35-13-3-4-14-35)34-30(38)28(37)21-7-5-19(6-8-21)20-9-11-23(32)12-10-20;1-12(10-20-6-4-5-7-20)16(21)13-8-14(19)17-15(9-13)23-18(2,3)11-22-17;1-17(2)10-22-16-12(18)7-11(8-14(16)23-17)15(21)13(19)9-20-5-3-4-6-20;1-9(7-21-23(4,18)19)13(17)10-5-11(16)14-12(6-10)22-15(2,3)8-20-14/h5-12,15-16,25,27,36H,3-4,13-14,17-18H2,1-2H3,(H,34,38);8-9,12,16,21H,4-7,10-11H2,1-3H3;7-8,13,15,21H,3-6,9-10,19H2,1-2H3;5-6,9,13,17H,7-8H2,1-4H3/t25-,27-;12-,16+;13-,15-;9-,13+/m1111/s1. The number of ether oxygens (including phenoxy) is 8. The molecule has 13 rings (SSSR count). The van der Waals surface area contributed by atoms with Crippen molar-refractivity contribution in [2.75, 3.05) is 98.2 Å². The fourth-order valence-corrected chi connectivity index (χ4v) is 14.2. The number of Topliss-reactive ketones (excluding diaryl/α,β-unsaturated/α-hetero) is 1. The maximum absolute atomic E-state index is 14.9. The van der Waals surface area contributed by atoms with E-state index in [1.165, 1.54) is 67.4 Å². The van der Waals surface area contributed by atoms with Crippen molar-refractivity contribution in [2.24, 2.45) is 17.6 Å². The van der Waals surface area contributed by atoms with Crippen LogP contribution in [-0.2, 0) is 19.1 Å². The molecule has 6 aromatic rings.